The maximum absolute atomic E-state index is 12.4. The molecule has 5 nitrogen and oxygen atoms in total. The lowest BCUT2D eigenvalue weighted by molar-refractivity contribution is 0.0231. The molecule has 0 radical (unpaired) electrons. The number of hydrogen-bond acceptors (Lipinski definition) is 4. The molecule has 1 rings (SSSR count). The fraction of sp³-hybridized carbons (Fsp3) is 0.667. The highest BCUT2D eigenvalue weighted by Crippen LogP contribution is 2.12. The molecule has 1 aromatic rings. The van der Waals surface area contributed by atoms with Gasteiger partial charge in [-0.3, -0.25) is 4.98 Å². The van der Waals surface area contributed by atoms with Crippen molar-refractivity contribution in [2.75, 3.05) is 19.6 Å². The van der Waals surface area contributed by atoms with Gasteiger partial charge in [0, 0.05) is 18.9 Å². The van der Waals surface area contributed by atoms with Gasteiger partial charge in [0.15, 0.2) is 0 Å². The molecule has 0 aliphatic rings. The molecule has 0 spiro atoms. The Kier molecular flexibility index (Phi) is 8.03. The number of carbonyl (C=O) groups is 1. The minimum absolute atomic E-state index is 0.273. The highest BCUT2D eigenvalue weighted by Gasteiger charge is 2.22. The maximum Gasteiger partial charge on any atom is 0.410 e. The van der Waals surface area contributed by atoms with Crippen molar-refractivity contribution < 1.29 is 9.53 Å². The molecule has 0 fully saturated rings. The molecule has 1 amide bonds. The van der Waals surface area contributed by atoms with Crippen molar-refractivity contribution in [3.05, 3.63) is 30.1 Å². The standard InChI is InChI=1S/C18H31N3O2/c1-15(2)12-19-10-7-11-21(17(22)23-18(3,4)5)14-16-8-6-9-20-13-16/h6,8-9,13,15,19H,7,10-12,14H2,1-5H3. The number of hydrogen-bond donors (Lipinski definition) is 1. The normalized spacial score (nSPS) is 11.6. The first-order valence-electron chi connectivity index (χ1n) is 8.35. The van der Waals surface area contributed by atoms with Crippen LogP contribution in [0.15, 0.2) is 24.5 Å². The second-order valence-corrected chi connectivity index (χ2v) is 7.21. The third-order valence-electron chi connectivity index (χ3n) is 3.08. The number of carbonyl (C=O) groups excluding carboxylic acids is 1. The molecule has 1 heterocycles. The molecular weight excluding hydrogens is 290 g/mol. The quantitative estimate of drug-likeness (QED) is 0.745. The Morgan fingerprint density at radius 3 is 2.70 bits per heavy atom. The lowest BCUT2D eigenvalue weighted by Gasteiger charge is -2.27. The average molecular weight is 321 g/mol. The minimum Gasteiger partial charge on any atom is -0.444 e. The van der Waals surface area contributed by atoms with E-state index < -0.39 is 5.60 Å². The minimum atomic E-state index is -0.486. The highest BCUT2D eigenvalue weighted by atomic mass is 16.6. The van der Waals surface area contributed by atoms with Gasteiger partial charge in [0.2, 0.25) is 0 Å². The molecule has 0 saturated carbocycles. The van der Waals surface area contributed by atoms with Gasteiger partial charge < -0.3 is 15.0 Å². The van der Waals surface area contributed by atoms with E-state index in [2.05, 4.69) is 24.1 Å². The Morgan fingerprint density at radius 2 is 2.13 bits per heavy atom. The Hall–Kier alpha value is -1.62. The molecule has 0 atom stereocenters. The van der Waals surface area contributed by atoms with Crippen molar-refractivity contribution in [1.82, 2.24) is 15.2 Å². The van der Waals surface area contributed by atoms with E-state index in [0.717, 1.165) is 25.1 Å². The summed E-state index contributed by atoms with van der Waals surface area (Å²) in [6.07, 6.45) is 4.14. The zero-order valence-corrected chi connectivity index (χ0v) is 15.1. The number of pyridine rings is 1. The summed E-state index contributed by atoms with van der Waals surface area (Å²) in [5.41, 5.74) is 0.522. The molecule has 0 unspecified atom stereocenters. The third kappa shape index (κ3) is 9.18. The summed E-state index contributed by atoms with van der Waals surface area (Å²) in [5, 5.41) is 3.40. The van der Waals surface area contributed by atoms with Gasteiger partial charge in [0.1, 0.15) is 5.60 Å². The molecule has 130 valence electrons. The third-order valence-corrected chi connectivity index (χ3v) is 3.08. The number of nitrogens with zero attached hydrogens (tertiary/aromatic N) is 2. The Labute approximate surface area is 140 Å². The predicted octanol–water partition coefficient (Wildman–Crippen LogP) is 3.45. The van der Waals surface area contributed by atoms with Crippen molar-refractivity contribution in [2.24, 2.45) is 5.92 Å². The molecule has 0 saturated heterocycles. The summed E-state index contributed by atoms with van der Waals surface area (Å²) in [5.74, 6) is 0.632. The molecular formula is C18H31N3O2. The van der Waals surface area contributed by atoms with Crippen LogP contribution in [0.3, 0.4) is 0 Å². The van der Waals surface area contributed by atoms with Crippen LogP contribution < -0.4 is 5.32 Å². The molecule has 23 heavy (non-hydrogen) atoms. The van der Waals surface area contributed by atoms with Crippen molar-refractivity contribution in [2.45, 2.75) is 53.2 Å². The molecule has 0 bridgehead atoms. The predicted molar refractivity (Wildman–Crippen MR) is 93.2 cm³/mol. The molecule has 5 heteroatoms. The first-order valence-corrected chi connectivity index (χ1v) is 8.35. The van der Waals surface area contributed by atoms with Gasteiger partial charge in [-0.05, 0) is 57.8 Å². The van der Waals surface area contributed by atoms with E-state index in [1.807, 2.05) is 32.9 Å². The summed E-state index contributed by atoms with van der Waals surface area (Å²) >= 11 is 0. The van der Waals surface area contributed by atoms with Gasteiger partial charge in [0.25, 0.3) is 0 Å². The largest absolute Gasteiger partial charge is 0.444 e. The zero-order valence-electron chi connectivity index (χ0n) is 15.1. The number of nitrogens with one attached hydrogen (secondary N) is 1. The van der Waals surface area contributed by atoms with Gasteiger partial charge >= 0.3 is 6.09 Å². The van der Waals surface area contributed by atoms with E-state index in [-0.39, 0.29) is 6.09 Å². The van der Waals surface area contributed by atoms with Gasteiger partial charge in [-0.15, -0.1) is 0 Å². The van der Waals surface area contributed by atoms with Crippen LogP contribution in [0.5, 0.6) is 0 Å². The number of amides is 1. The van der Waals surface area contributed by atoms with E-state index in [4.69, 9.17) is 4.74 Å². The molecule has 0 aliphatic heterocycles. The summed E-state index contributed by atoms with van der Waals surface area (Å²) in [6, 6.07) is 3.86. The number of aromatic nitrogens is 1. The Bertz CT molecular complexity index is 455. The van der Waals surface area contributed by atoms with Crippen LogP contribution in [-0.4, -0.2) is 41.2 Å². The fourth-order valence-corrected chi connectivity index (χ4v) is 2.06. The number of ether oxygens (including phenoxy) is 1. The second-order valence-electron chi connectivity index (χ2n) is 7.21. The van der Waals surface area contributed by atoms with Crippen LogP contribution >= 0.6 is 0 Å². The van der Waals surface area contributed by atoms with Crippen LogP contribution in [-0.2, 0) is 11.3 Å². The summed E-state index contributed by atoms with van der Waals surface area (Å²) in [4.78, 5) is 18.3. The zero-order chi connectivity index (χ0) is 17.3. The topological polar surface area (TPSA) is 54.5 Å². The van der Waals surface area contributed by atoms with Gasteiger partial charge in [-0.1, -0.05) is 19.9 Å². The van der Waals surface area contributed by atoms with E-state index in [1.54, 1.807) is 17.3 Å². The van der Waals surface area contributed by atoms with E-state index in [9.17, 15) is 4.79 Å². The smallest absolute Gasteiger partial charge is 0.410 e. The van der Waals surface area contributed by atoms with Crippen molar-refractivity contribution in [1.29, 1.82) is 0 Å². The SMILES string of the molecule is CC(C)CNCCCN(Cc1cccnc1)C(=O)OC(C)(C)C. The van der Waals surface area contributed by atoms with E-state index >= 15 is 0 Å². The Balaban J connectivity index is 2.56. The molecule has 0 aromatic carbocycles. The summed E-state index contributed by atoms with van der Waals surface area (Å²) in [6.45, 7) is 13.1. The van der Waals surface area contributed by atoms with E-state index in [0.29, 0.717) is 19.0 Å². The highest BCUT2D eigenvalue weighted by molar-refractivity contribution is 5.68. The van der Waals surface area contributed by atoms with Crippen LogP contribution in [0.2, 0.25) is 0 Å². The maximum atomic E-state index is 12.4. The molecule has 1 N–H and O–H groups in total. The Morgan fingerprint density at radius 1 is 1.39 bits per heavy atom. The summed E-state index contributed by atoms with van der Waals surface area (Å²) in [7, 11) is 0. The van der Waals surface area contributed by atoms with Gasteiger partial charge in [-0.25, -0.2) is 4.79 Å². The first kappa shape index (κ1) is 19.4. The van der Waals surface area contributed by atoms with Crippen LogP contribution in [0.1, 0.15) is 46.6 Å². The molecule has 0 aliphatic carbocycles. The van der Waals surface area contributed by atoms with Crippen molar-refractivity contribution >= 4 is 6.09 Å². The molecule has 1 aromatic heterocycles. The van der Waals surface area contributed by atoms with E-state index in [1.165, 1.54) is 0 Å². The second kappa shape index (κ2) is 9.50. The lowest BCUT2D eigenvalue weighted by Crippen LogP contribution is -2.38. The number of rotatable bonds is 8. The van der Waals surface area contributed by atoms with Crippen LogP contribution in [0, 0.1) is 5.92 Å². The fourth-order valence-electron chi connectivity index (χ4n) is 2.06. The first-order chi connectivity index (χ1) is 10.8. The lowest BCUT2D eigenvalue weighted by atomic mass is 10.2. The van der Waals surface area contributed by atoms with Crippen LogP contribution in [0.25, 0.3) is 0 Å². The van der Waals surface area contributed by atoms with Crippen molar-refractivity contribution in [3.63, 3.8) is 0 Å². The summed E-state index contributed by atoms with van der Waals surface area (Å²) < 4.78 is 5.51. The monoisotopic (exact) mass is 321 g/mol. The van der Waals surface area contributed by atoms with Gasteiger partial charge in [0.05, 0.1) is 6.54 Å². The van der Waals surface area contributed by atoms with Crippen molar-refractivity contribution in [3.8, 4) is 0 Å². The average Bonchev–Trinajstić information content (AvgIpc) is 2.44. The van der Waals surface area contributed by atoms with Gasteiger partial charge in [-0.2, -0.15) is 0 Å². The van der Waals surface area contributed by atoms with Crippen LogP contribution in [0.4, 0.5) is 4.79 Å².